The van der Waals surface area contributed by atoms with Crippen LogP contribution in [0.3, 0.4) is 0 Å². The number of carbonyl (C=O) groups excluding carboxylic acids is 1. The van der Waals surface area contributed by atoms with Crippen molar-refractivity contribution < 1.29 is 32.5 Å². The zero-order valence-corrected chi connectivity index (χ0v) is 19.2. The Kier molecular flexibility index (Phi) is 8.26. The van der Waals surface area contributed by atoms with Gasteiger partial charge in [0.15, 0.2) is 5.76 Å². The number of allylic oxidation sites excluding steroid dienone is 1. The summed E-state index contributed by atoms with van der Waals surface area (Å²) in [7, 11) is -2.35. The maximum absolute atomic E-state index is 13.0. The van der Waals surface area contributed by atoms with E-state index in [2.05, 4.69) is 0 Å². The first-order valence-electron chi connectivity index (χ1n) is 9.92. The summed E-state index contributed by atoms with van der Waals surface area (Å²) < 4.78 is 43.5. The van der Waals surface area contributed by atoms with Crippen molar-refractivity contribution in [3.8, 4) is 5.75 Å². The summed E-state index contributed by atoms with van der Waals surface area (Å²) in [5, 5.41) is 13.3. The molecule has 2 aromatic rings. The van der Waals surface area contributed by atoms with Crippen LogP contribution in [0.15, 0.2) is 57.8 Å². The number of aliphatic hydroxyl groups excluding tert-OH is 1. The van der Waals surface area contributed by atoms with Crippen LogP contribution in [-0.2, 0) is 24.3 Å². The van der Waals surface area contributed by atoms with Crippen molar-refractivity contribution in [1.82, 2.24) is 4.31 Å². The number of rotatable bonds is 11. The first-order valence-corrected chi connectivity index (χ1v) is 12.3. The van der Waals surface area contributed by atoms with Crippen molar-refractivity contribution in [2.24, 2.45) is 5.73 Å². The molecule has 9 nitrogen and oxygen atoms in total. The second kappa shape index (κ2) is 10.9. The Morgan fingerprint density at radius 1 is 1.28 bits per heavy atom. The predicted molar refractivity (Wildman–Crippen MR) is 119 cm³/mol. The number of primary amides is 1. The standard InChI is InChI=1S/C21H26N2O7S2/c1-28-17-2-4-18(5-3-17)32(26,27)23(7-9-24)8-10-29-20-13-16(15-6-11-31-14-15)12-19(30-20)21(22)25/h2-6,11-12,14,16,20,24H,7-10,13H2,1H3,(H2,22,25)/t16-,20+/m1/s1. The molecule has 2 heterocycles. The molecule has 0 fully saturated rings. The Hall–Kier alpha value is -2.44. The number of nitrogens with two attached hydrogens (primary N) is 1. The number of sulfonamides is 1. The van der Waals surface area contributed by atoms with Crippen molar-refractivity contribution in [2.45, 2.75) is 23.5 Å². The molecule has 0 unspecified atom stereocenters. The van der Waals surface area contributed by atoms with Crippen LogP contribution in [0.5, 0.6) is 5.75 Å². The van der Waals surface area contributed by atoms with Gasteiger partial charge in [-0.25, -0.2) is 8.42 Å². The van der Waals surface area contributed by atoms with E-state index in [-0.39, 0.29) is 42.9 Å². The van der Waals surface area contributed by atoms with Crippen LogP contribution in [0.1, 0.15) is 17.9 Å². The summed E-state index contributed by atoms with van der Waals surface area (Å²) in [4.78, 5) is 11.7. The number of ether oxygens (including phenoxy) is 3. The Morgan fingerprint density at radius 3 is 2.62 bits per heavy atom. The largest absolute Gasteiger partial charge is 0.497 e. The summed E-state index contributed by atoms with van der Waals surface area (Å²) in [5.41, 5.74) is 6.42. The van der Waals surface area contributed by atoms with Gasteiger partial charge in [-0.1, -0.05) is 0 Å². The highest BCUT2D eigenvalue weighted by Gasteiger charge is 2.29. The molecule has 2 atom stereocenters. The molecule has 32 heavy (non-hydrogen) atoms. The molecule has 1 aliphatic heterocycles. The van der Waals surface area contributed by atoms with Gasteiger partial charge in [-0.15, -0.1) is 0 Å². The molecule has 0 saturated carbocycles. The number of carbonyl (C=O) groups is 1. The lowest BCUT2D eigenvalue weighted by molar-refractivity contribution is -0.144. The van der Waals surface area contributed by atoms with Gasteiger partial charge >= 0.3 is 0 Å². The lowest BCUT2D eigenvalue weighted by Crippen LogP contribution is -2.38. The van der Waals surface area contributed by atoms with Crippen LogP contribution in [0.4, 0.5) is 0 Å². The normalized spacial score (nSPS) is 18.8. The van der Waals surface area contributed by atoms with Gasteiger partial charge in [0, 0.05) is 25.4 Å². The summed E-state index contributed by atoms with van der Waals surface area (Å²) in [5.74, 6) is -0.231. The Labute approximate surface area is 191 Å². The van der Waals surface area contributed by atoms with Crippen molar-refractivity contribution in [2.75, 3.05) is 33.4 Å². The summed E-state index contributed by atoms with van der Waals surface area (Å²) in [6.07, 6.45) is 1.38. The molecule has 1 amide bonds. The summed E-state index contributed by atoms with van der Waals surface area (Å²) >= 11 is 1.54. The van der Waals surface area contributed by atoms with Crippen molar-refractivity contribution in [1.29, 1.82) is 0 Å². The SMILES string of the molecule is COc1ccc(S(=O)(=O)N(CCO)CCO[C@@H]2C[C@H](c3ccsc3)C=C(C(N)=O)O2)cc1. The number of amides is 1. The van der Waals surface area contributed by atoms with Crippen molar-refractivity contribution in [3.05, 3.63) is 58.5 Å². The highest BCUT2D eigenvalue weighted by Crippen LogP contribution is 2.32. The smallest absolute Gasteiger partial charge is 0.283 e. The maximum atomic E-state index is 13.0. The number of hydrogen-bond acceptors (Lipinski definition) is 8. The summed E-state index contributed by atoms with van der Waals surface area (Å²) in [6, 6.07) is 7.95. The molecule has 11 heteroatoms. The van der Waals surface area contributed by atoms with Crippen LogP contribution >= 0.6 is 11.3 Å². The van der Waals surface area contributed by atoms with E-state index in [1.165, 1.54) is 19.2 Å². The lowest BCUT2D eigenvalue weighted by atomic mass is 9.95. The van der Waals surface area contributed by atoms with Crippen LogP contribution in [0, 0.1) is 0 Å². The number of thiophene rings is 1. The number of methoxy groups -OCH3 is 1. The van der Waals surface area contributed by atoms with Gasteiger partial charge in [-0.2, -0.15) is 15.6 Å². The van der Waals surface area contributed by atoms with Gasteiger partial charge in [0.2, 0.25) is 16.3 Å². The number of aliphatic hydroxyl groups is 1. The number of benzene rings is 1. The lowest BCUT2D eigenvalue weighted by Gasteiger charge is -2.29. The van der Waals surface area contributed by atoms with Gasteiger partial charge in [0.1, 0.15) is 5.75 Å². The fourth-order valence-electron chi connectivity index (χ4n) is 3.29. The fourth-order valence-corrected chi connectivity index (χ4v) is 5.43. The van der Waals surface area contributed by atoms with E-state index >= 15 is 0 Å². The zero-order chi connectivity index (χ0) is 23.1. The van der Waals surface area contributed by atoms with Crippen molar-refractivity contribution in [3.63, 3.8) is 0 Å². The Balaban J connectivity index is 1.65. The average Bonchev–Trinajstić information content (AvgIpc) is 3.33. The molecule has 0 aliphatic carbocycles. The molecular formula is C21H26N2O7S2. The zero-order valence-electron chi connectivity index (χ0n) is 17.5. The van der Waals surface area contributed by atoms with Crippen LogP contribution < -0.4 is 10.5 Å². The second-order valence-electron chi connectivity index (χ2n) is 7.02. The molecule has 3 N–H and O–H groups in total. The third kappa shape index (κ3) is 5.87. The minimum absolute atomic E-state index is 0.00243. The molecular weight excluding hydrogens is 456 g/mol. The van der Waals surface area contributed by atoms with Crippen LogP contribution in [0.2, 0.25) is 0 Å². The van der Waals surface area contributed by atoms with E-state index in [9.17, 15) is 18.3 Å². The third-order valence-electron chi connectivity index (χ3n) is 4.96. The predicted octanol–water partition coefficient (Wildman–Crippen LogP) is 1.66. The topological polar surface area (TPSA) is 128 Å². The van der Waals surface area contributed by atoms with E-state index in [1.54, 1.807) is 29.5 Å². The molecule has 1 aromatic heterocycles. The highest BCUT2D eigenvalue weighted by molar-refractivity contribution is 7.89. The van der Waals surface area contributed by atoms with Crippen LogP contribution in [0.25, 0.3) is 0 Å². The van der Waals surface area contributed by atoms with Gasteiger partial charge in [0.25, 0.3) is 5.91 Å². The first kappa shape index (κ1) is 24.2. The number of nitrogens with zero attached hydrogens (tertiary/aromatic N) is 1. The van der Waals surface area contributed by atoms with Gasteiger partial charge < -0.3 is 25.1 Å². The molecule has 0 bridgehead atoms. The van der Waals surface area contributed by atoms with Gasteiger partial charge in [-0.3, -0.25) is 4.79 Å². The summed E-state index contributed by atoms with van der Waals surface area (Å²) in [6.45, 7) is -0.437. The first-order chi connectivity index (χ1) is 15.3. The van der Waals surface area contributed by atoms with Gasteiger partial charge in [-0.05, 0) is 52.7 Å². The molecule has 3 rings (SSSR count). The molecule has 0 radical (unpaired) electrons. The van der Waals surface area contributed by atoms with Crippen LogP contribution in [-0.4, -0.2) is 63.4 Å². The van der Waals surface area contributed by atoms with E-state index < -0.39 is 22.2 Å². The highest BCUT2D eigenvalue weighted by atomic mass is 32.2. The minimum Gasteiger partial charge on any atom is -0.497 e. The van der Waals surface area contributed by atoms with E-state index in [0.717, 1.165) is 9.87 Å². The fraction of sp³-hybridized carbons (Fsp3) is 0.381. The molecule has 0 saturated heterocycles. The Morgan fingerprint density at radius 2 is 2.03 bits per heavy atom. The van der Waals surface area contributed by atoms with E-state index in [0.29, 0.717) is 12.2 Å². The molecule has 1 aromatic carbocycles. The quantitative estimate of drug-likeness (QED) is 0.498. The molecule has 174 valence electrons. The second-order valence-corrected chi connectivity index (χ2v) is 9.73. The van der Waals surface area contributed by atoms with E-state index in [1.807, 2.05) is 16.8 Å². The monoisotopic (exact) mass is 482 g/mol. The van der Waals surface area contributed by atoms with Gasteiger partial charge in [0.05, 0.1) is 25.2 Å². The third-order valence-corrected chi connectivity index (χ3v) is 7.58. The van der Waals surface area contributed by atoms with E-state index in [4.69, 9.17) is 19.9 Å². The minimum atomic E-state index is -3.85. The number of hydrogen-bond donors (Lipinski definition) is 2. The molecule has 1 aliphatic rings. The van der Waals surface area contributed by atoms with Crippen molar-refractivity contribution >= 4 is 27.3 Å². The average molecular weight is 483 g/mol. The Bertz CT molecular complexity index is 1020. The molecule has 0 spiro atoms. The maximum Gasteiger partial charge on any atom is 0.283 e.